The molecule has 10 N–H and O–H groups in total. The number of aliphatic hydroxyl groups is 2. The molecule has 0 fully saturated rings. The van der Waals surface area contributed by atoms with Crippen molar-refractivity contribution >= 4 is 35.6 Å². The zero-order chi connectivity index (χ0) is 26.6. The summed E-state index contributed by atoms with van der Waals surface area (Å²) in [5.41, 5.74) is 5.15. The van der Waals surface area contributed by atoms with E-state index in [0.29, 0.717) is 6.42 Å². The molecule has 0 aliphatic heterocycles. The van der Waals surface area contributed by atoms with Gasteiger partial charge in [0.15, 0.2) is 0 Å². The minimum atomic E-state index is -1.77. The lowest BCUT2D eigenvalue weighted by Crippen LogP contribution is -2.60. The zero-order valence-corrected chi connectivity index (χ0v) is 19.1. The first kappa shape index (κ1) is 30.7. The highest BCUT2D eigenvalue weighted by molar-refractivity contribution is 5.96. The number of hydrogen-bond donors (Lipinski definition) is 9. The largest absolute Gasteiger partial charge is 0.481 e. The maximum absolute atomic E-state index is 12.6. The van der Waals surface area contributed by atoms with E-state index in [1.165, 1.54) is 0 Å². The third-order valence-electron chi connectivity index (χ3n) is 4.87. The average molecular weight is 491 g/mol. The number of nitrogens with one attached hydrogen (secondary N) is 4. The Hall–Kier alpha value is -3.30. The van der Waals surface area contributed by atoms with Gasteiger partial charge >= 0.3 is 11.9 Å². The normalized spacial score (nSPS) is 16.1. The average Bonchev–Trinajstić information content (AvgIpc) is 2.76. The third kappa shape index (κ3) is 10.1. The molecule has 0 radical (unpaired) electrons. The fourth-order valence-electron chi connectivity index (χ4n) is 2.69. The van der Waals surface area contributed by atoms with Gasteiger partial charge in [-0.05, 0) is 12.8 Å². The summed E-state index contributed by atoms with van der Waals surface area (Å²) in [7, 11) is 0. The van der Waals surface area contributed by atoms with Gasteiger partial charge in [0.25, 0.3) is 0 Å². The van der Waals surface area contributed by atoms with Gasteiger partial charge in [-0.3, -0.25) is 24.0 Å². The van der Waals surface area contributed by atoms with E-state index in [4.69, 9.17) is 10.8 Å². The molecule has 15 heteroatoms. The van der Waals surface area contributed by atoms with Gasteiger partial charge in [0.2, 0.25) is 23.6 Å². The molecule has 15 nitrogen and oxygen atoms in total. The van der Waals surface area contributed by atoms with Crippen molar-refractivity contribution in [1.82, 2.24) is 21.3 Å². The highest BCUT2D eigenvalue weighted by atomic mass is 16.4. The van der Waals surface area contributed by atoms with Crippen molar-refractivity contribution in [3.63, 3.8) is 0 Å². The summed E-state index contributed by atoms with van der Waals surface area (Å²) in [6.07, 6.45) is -1.97. The van der Waals surface area contributed by atoms with Crippen LogP contribution in [0.1, 0.15) is 33.6 Å². The van der Waals surface area contributed by atoms with E-state index in [-0.39, 0.29) is 0 Å². The number of carboxylic acids is 2. The lowest BCUT2D eigenvalue weighted by Gasteiger charge is -2.26. The van der Waals surface area contributed by atoms with Crippen LogP contribution in [0.25, 0.3) is 0 Å². The van der Waals surface area contributed by atoms with E-state index in [2.05, 4.69) is 21.3 Å². The molecule has 0 saturated heterocycles. The number of nitrogens with two attached hydrogens (primary N) is 1. The van der Waals surface area contributed by atoms with Crippen molar-refractivity contribution in [3.8, 4) is 0 Å². The monoisotopic (exact) mass is 491 g/mol. The predicted octanol–water partition coefficient (Wildman–Crippen LogP) is -4.14. The number of aliphatic hydroxyl groups excluding tert-OH is 2. The summed E-state index contributed by atoms with van der Waals surface area (Å²) in [6, 6.07) is -6.30. The van der Waals surface area contributed by atoms with Gasteiger partial charge in [-0.2, -0.15) is 0 Å². The van der Waals surface area contributed by atoms with Crippen LogP contribution >= 0.6 is 0 Å². The fraction of sp³-hybridized carbons (Fsp3) is 0.684. The first-order chi connectivity index (χ1) is 15.8. The molecule has 0 saturated carbocycles. The lowest BCUT2D eigenvalue weighted by molar-refractivity contribution is -0.144. The number of carbonyl (C=O) groups is 6. The first-order valence-electron chi connectivity index (χ1n) is 10.4. The molecule has 4 amide bonds. The SMILES string of the molecule is CC[C@H](C)[C@H](NC(=O)[C@H](CO)NC(=O)[C@H](CC(=O)O)NC(=O)[C@@H](NC(=O)CN)[C@@H](C)O)C(=O)O. The van der Waals surface area contributed by atoms with Gasteiger partial charge in [0.1, 0.15) is 24.2 Å². The molecule has 0 aromatic carbocycles. The molecule has 0 aliphatic rings. The van der Waals surface area contributed by atoms with Gasteiger partial charge in [0.05, 0.1) is 25.7 Å². The van der Waals surface area contributed by atoms with E-state index in [0.717, 1.165) is 6.92 Å². The van der Waals surface area contributed by atoms with Crippen molar-refractivity contribution in [3.05, 3.63) is 0 Å². The fourth-order valence-corrected chi connectivity index (χ4v) is 2.69. The smallest absolute Gasteiger partial charge is 0.326 e. The van der Waals surface area contributed by atoms with Gasteiger partial charge in [-0.1, -0.05) is 20.3 Å². The predicted molar refractivity (Wildman–Crippen MR) is 115 cm³/mol. The molecular formula is C19H33N5O10. The Morgan fingerprint density at radius 3 is 1.76 bits per heavy atom. The molecule has 194 valence electrons. The van der Waals surface area contributed by atoms with Gasteiger partial charge in [-0.25, -0.2) is 4.79 Å². The third-order valence-corrected chi connectivity index (χ3v) is 4.87. The molecule has 34 heavy (non-hydrogen) atoms. The van der Waals surface area contributed by atoms with Crippen LogP contribution in [-0.2, 0) is 28.8 Å². The Balaban J connectivity index is 5.53. The molecule has 0 unspecified atom stereocenters. The van der Waals surface area contributed by atoms with Crippen molar-refractivity contribution in [2.45, 2.75) is 63.9 Å². The molecular weight excluding hydrogens is 458 g/mol. The Kier molecular flexibility index (Phi) is 13.3. The van der Waals surface area contributed by atoms with Crippen LogP contribution in [0.4, 0.5) is 0 Å². The Bertz CT molecular complexity index is 760. The highest BCUT2D eigenvalue weighted by Crippen LogP contribution is 2.08. The van der Waals surface area contributed by atoms with Crippen LogP contribution in [0.15, 0.2) is 0 Å². The highest BCUT2D eigenvalue weighted by Gasteiger charge is 2.34. The lowest BCUT2D eigenvalue weighted by atomic mass is 9.99. The number of carboxylic acid groups (broad SMARTS) is 2. The van der Waals surface area contributed by atoms with Gasteiger partial charge < -0.3 is 47.4 Å². The van der Waals surface area contributed by atoms with Crippen molar-refractivity contribution in [2.75, 3.05) is 13.2 Å². The van der Waals surface area contributed by atoms with Crippen molar-refractivity contribution in [2.24, 2.45) is 11.7 Å². The molecule has 0 aromatic rings. The second-order valence-electron chi connectivity index (χ2n) is 7.60. The molecule has 0 rings (SSSR count). The summed E-state index contributed by atoms with van der Waals surface area (Å²) in [4.78, 5) is 71.5. The van der Waals surface area contributed by atoms with Crippen LogP contribution < -0.4 is 27.0 Å². The minimum absolute atomic E-state index is 0.408. The molecule has 0 bridgehead atoms. The topological polar surface area (TPSA) is 257 Å². The first-order valence-corrected chi connectivity index (χ1v) is 10.4. The molecule has 0 spiro atoms. The van der Waals surface area contributed by atoms with E-state index >= 15 is 0 Å². The van der Waals surface area contributed by atoms with Crippen molar-refractivity contribution < 1.29 is 49.2 Å². The van der Waals surface area contributed by atoms with Crippen molar-refractivity contribution in [1.29, 1.82) is 0 Å². The molecule has 0 aromatic heterocycles. The standard InChI is InChI=1S/C19H33N5O10/c1-4-8(2)14(19(33)34)24-17(31)11(7-25)22-16(30)10(5-13(28)29)21-18(32)15(9(3)26)23-12(27)6-20/h8-11,14-15,25-26H,4-7,20H2,1-3H3,(H,21,32)(H,22,30)(H,23,27)(H,24,31)(H,28,29)(H,33,34)/t8-,9+,10-,11-,14-,15-/m0/s1. The maximum atomic E-state index is 12.6. The summed E-state index contributed by atoms with van der Waals surface area (Å²) in [5.74, 6) is -7.44. The van der Waals surface area contributed by atoms with Crippen LogP contribution in [0.5, 0.6) is 0 Å². The zero-order valence-electron chi connectivity index (χ0n) is 19.1. The van der Waals surface area contributed by atoms with E-state index in [1.807, 2.05) is 0 Å². The molecule has 0 aliphatic carbocycles. The van der Waals surface area contributed by atoms with E-state index in [1.54, 1.807) is 13.8 Å². The quantitative estimate of drug-likeness (QED) is 0.106. The molecule has 0 heterocycles. The van der Waals surface area contributed by atoms with Crippen LogP contribution in [0.2, 0.25) is 0 Å². The van der Waals surface area contributed by atoms with Crippen LogP contribution in [0.3, 0.4) is 0 Å². The van der Waals surface area contributed by atoms with E-state index < -0.39 is 91.3 Å². The Morgan fingerprint density at radius 2 is 1.35 bits per heavy atom. The number of amides is 4. The number of hydrogen-bond acceptors (Lipinski definition) is 9. The summed E-state index contributed by atoms with van der Waals surface area (Å²) in [5, 5.41) is 46.1. The van der Waals surface area contributed by atoms with Gasteiger partial charge in [-0.15, -0.1) is 0 Å². The van der Waals surface area contributed by atoms with Gasteiger partial charge in [0, 0.05) is 0 Å². The van der Waals surface area contributed by atoms with Crippen LogP contribution in [0, 0.1) is 5.92 Å². The summed E-state index contributed by atoms with van der Waals surface area (Å²) in [6.45, 7) is 2.98. The number of aliphatic carboxylic acids is 2. The number of rotatable bonds is 15. The minimum Gasteiger partial charge on any atom is -0.481 e. The maximum Gasteiger partial charge on any atom is 0.326 e. The Labute approximate surface area is 195 Å². The van der Waals surface area contributed by atoms with E-state index in [9.17, 15) is 44.1 Å². The Morgan fingerprint density at radius 1 is 0.824 bits per heavy atom. The molecule has 6 atom stereocenters. The second-order valence-corrected chi connectivity index (χ2v) is 7.60. The summed E-state index contributed by atoms with van der Waals surface area (Å²) >= 11 is 0. The van der Waals surface area contributed by atoms with Crippen LogP contribution in [-0.4, -0.2) is 99.4 Å². The second kappa shape index (κ2) is 14.8. The summed E-state index contributed by atoms with van der Waals surface area (Å²) < 4.78 is 0. The number of carbonyl (C=O) groups excluding carboxylic acids is 4.